The molecule has 2 aliphatic rings. The van der Waals surface area contributed by atoms with Gasteiger partial charge in [-0.25, -0.2) is 0 Å². The molecule has 2 heterocycles. The van der Waals surface area contributed by atoms with Crippen molar-refractivity contribution in [1.82, 2.24) is 9.80 Å². The number of nitro groups is 1. The third-order valence-corrected chi connectivity index (χ3v) is 4.68. The molecule has 132 valence electrons. The largest absolute Gasteiger partial charge is 0.341 e. The van der Waals surface area contributed by atoms with Gasteiger partial charge in [-0.3, -0.25) is 29.4 Å². The Balaban J connectivity index is 1.79. The van der Waals surface area contributed by atoms with Crippen molar-refractivity contribution in [3.63, 3.8) is 0 Å². The Hall–Kier alpha value is -2.77. The second kappa shape index (κ2) is 7.00. The highest BCUT2D eigenvalue weighted by atomic mass is 16.6. The summed E-state index contributed by atoms with van der Waals surface area (Å²) in [5, 5.41) is 11.1. The Labute approximate surface area is 144 Å². The van der Waals surface area contributed by atoms with E-state index in [1.54, 1.807) is 4.90 Å². The molecule has 0 saturated carbocycles. The van der Waals surface area contributed by atoms with Crippen molar-refractivity contribution < 1.29 is 19.3 Å². The van der Waals surface area contributed by atoms with Crippen LogP contribution in [0.25, 0.3) is 0 Å². The summed E-state index contributed by atoms with van der Waals surface area (Å²) in [6, 6.07) is 3.93. The van der Waals surface area contributed by atoms with Gasteiger partial charge in [0.05, 0.1) is 10.5 Å². The van der Waals surface area contributed by atoms with Crippen LogP contribution in [-0.4, -0.2) is 52.1 Å². The maximum atomic E-state index is 12.5. The molecular weight excluding hydrogens is 326 g/mol. The third-order valence-electron chi connectivity index (χ3n) is 4.68. The second-order valence-corrected chi connectivity index (χ2v) is 6.30. The average Bonchev–Trinajstić information content (AvgIpc) is 2.79. The van der Waals surface area contributed by atoms with Crippen molar-refractivity contribution in [3.05, 3.63) is 39.4 Å². The van der Waals surface area contributed by atoms with E-state index in [-0.39, 0.29) is 23.6 Å². The van der Waals surface area contributed by atoms with Gasteiger partial charge in [-0.2, -0.15) is 0 Å². The first kappa shape index (κ1) is 17.1. The second-order valence-electron chi connectivity index (χ2n) is 6.30. The van der Waals surface area contributed by atoms with Crippen LogP contribution in [-0.2, 0) is 4.79 Å². The van der Waals surface area contributed by atoms with Crippen LogP contribution in [0.2, 0.25) is 0 Å². The highest BCUT2D eigenvalue weighted by Gasteiger charge is 2.42. The number of carbonyl (C=O) groups excluding carboxylic acids is 3. The number of hydrogen-bond donors (Lipinski definition) is 0. The Bertz CT molecular complexity index is 738. The number of benzene rings is 1. The number of nitrogens with zero attached hydrogens (tertiary/aromatic N) is 3. The average molecular weight is 345 g/mol. The van der Waals surface area contributed by atoms with E-state index in [9.17, 15) is 24.5 Å². The van der Waals surface area contributed by atoms with Crippen molar-refractivity contribution in [3.8, 4) is 0 Å². The van der Waals surface area contributed by atoms with E-state index in [1.807, 2.05) is 0 Å². The van der Waals surface area contributed by atoms with Crippen molar-refractivity contribution in [2.45, 2.75) is 32.1 Å². The van der Waals surface area contributed by atoms with Gasteiger partial charge in [-0.05, 0) is 18.9 Å². The van der Waals surface area contributed by atoms with Crippen LogP contribution in [0.1, 0.15) is 52.8 Å². The molecule has 0 unspecified atom stereocenters. The monoisotopic (exact) mass is 345 g/mol. The van der Waals surface area contributed by atoms with E-state index < -0.39 is 22.4 Å². The van der Waals surface area contributed by atoms with Crippen LogP contribution in [0, 0.1) is 10.1 Å². The van der Waals surface area contributed by atoms with E-state index in [2.05, 4.69) is 0 Å². The van der Waals surface area contributed by atoms with Crippen LogP contribution >= 0.6 is 0 Å². The predicted molar refractivity (Wildman–Crippen MR) is 88.1 cm³/mol. The van der Waals surface area contributed by atoms with Gasteiger partial charge in [0, 0.05) is 19.2 Å². The van der Waals surface area contributed by atoms with Gasteiger partial charge in [-0.1, -0.05) is 25.3 Å². The number of imide groups is 1. The molecule has 1 fully saturated rings. The van der Waals surface area contributed by atoms with Gasteiger partial charge in [-0.15, -0.1) is 0 Å². The molecule has 8 heteroatoms. The molecular formula is C17H19N3O5. The smallest absolute Gasteiger partial charge is 0.282 e. The molecule has 0 N–H and O–H groups in total. The van der Waals surface area contributed by atoms with E-state index in [0.717, 1.165) is 37.0 Å². The lowest BCUT2D eigenvalue weighted by molar-refractivity contribution is -0.385. The summed E-state index contributed by atoms with van der Waals surface area (Å²) in [7, 11) is 0. The van der Waals surface area contributed by atoms with Crippen LogP contribution in [0.3, 0.4) is 0 Å². The van der Waals surface area contributed by atoms with E-state index in [4.69, 9.17) is 0 Å². The van der Waals surface area contributed by atoms with Crippen molar-refractivity contribution in [1.29, 1.82) is 0 Å². The molecule has 2 aliphatic heterocycles. The van der Waals surface area contributed by atoms with Gasteiger partial charge in [0.2, 0.25) is 5.91 Å². The minimum absolute atomic E-state index is 0.0142. The van der Waals surface area contributed by atoms with Gasteiger partial charge >= 0.3 is 0 Å². The molecule has 3 amide bonds. The van der Waals surface area contributed by atoms with E-state index in [0.29, 0.717) is 13.1 Å². The topological polar surface area (TPSA) is 101 Å². The summed E-state index contributed by atoms with van der Waals surface area (Å²) < 4.78 is 0. The first-order chi connectivity index (χ1) is 12.0. The van der Waals surface area contributed by atoms with Crippen LogP contribution in [0.15, 0.2) is 18.2 Å². The van der Waals surface area contributed by atoms with E-state index >= 15 is 0 Å². The summed E-state index contributed by atoms with van der Waals surface area (Å²) in [6.45, 7) is 0.855. The molecule has 25 heavy (non-hydrogen) atoms. The molecule has 0 atom stereocenters. The predicted octanol–water partition coefficient (Wildman–Crippen LogP) is 1.98. The fourth-order valence-corrected chi connectivity index (χ4v) is 3.34. The molecule has 1 aromatic rings. The number of carbonyl (C=O) groups is 3. The fraction of sp³-hybridized carbons (Fsp3) is 0.471. The Morgan fingerprint density at radius 2 is 1.68 bits per heavy atom. The van der Waals surface area contributed by atoms with Gasteiger partial charge in [0.1, 0.15) is 12.1 Å². The Morgan fingerprint density at radius 1 is 1.04 bits per heavy atom. The molecule has 0 aliphatic carbocycles. The quantitative estimate of drug-likeness (QED) is 0.474. The molecule has 1 aromatic carbocycles. The van der Waals surface area contributed by atoms with Gasteiger partial charge < -0.3 is 4.90 Å². The summed E-state index contributed by atoms with van der Waals surface area (Å²) in [5.41, 5.74) is -0.644. The molecule has 1 saturated heterocycles. The zero-order chi connectivity index (χ0) is 18.0. The number of fused-ring (bicyclic) bond motifs is 1. The summed E-state index contributed by atoms with van der Waals surface area (Å²) in [5.74, 6) is -1.71. The standard InChI is InChI=1S/C17H19N3O5/c21-14(18-9-4-2-1-3-5-10-18)11-19-16(22)12-7-6-8-13(20(24)25)15(12)17(19)23/h6-8H,1-5,9-11H2. The van der Waals surface area contributed by atoms with Crippen molar-refractivity contribution in [2.75, 3.05) is 19.6 Å². The van der Waals surface area contributed by atoms with Gasteiger partial charge in [0.15, 0.2) is 0 Å². The first-order valence-electron chi connectivity index (χ1n) is 8.42. The number of amides is 3. The number of rotatable bonds is 3. The molecule has 0 spiro atoms. The van der Waals surface area contributed by atoms with Crippen LogP contribution in [0.5, 0.6) is 0 Å². The maximum Gasteiger partial charge on any atom is 0.282 e. The summed E-state index contributed by atoms with van der Waals surface area (Å²) in [6.07, 6.45) is 5.08. The molecule has 8 nitrogen and oxygen atoms in total. The fourth-order valence-electron chi connectivity index (χ4n) is 3.34. The Morgan fingerprint density at radius 3 is 2.32 bits per heavy atom. The van der Waals surface area contributed by atoms with Crippen LogP contribution in [0.4, 0.5) is 5.69 Å². The number of nitro benzene ring substituents is 1. The molecule has 0 bridgehead atoms. The molecule has 3 rings (SSSR count). The summed E-state index contributed by atoms with van der Waals surface area (Å²) >= 11 is 0. The number of hydrogen-bond acceptors (Lipinski definition) is 5. The normalized spacial score (nSPS) is 17.9. The lowest BCUT2D eigenvalue weighted by Crippen LogP contribution is -2.43. The Kier molecular flexibility index (Phi) is 4.78. The zero-order valence-electron chi connectivity index (χ0n) is 13.8. The maximum absolute atomic E-state index is 12.5. The van der Waals surface area contributed by atoms with Crippen molar-refractivity contribution in [2.24, 2.45) is 0 Å². The van der Waals surface area contributed by atoms with Crippen molar-refractivity contribution >= 4 is 23.4 Å². The molecule has 0 aromatic heterocycles. The summed E-state index contributed by atoms with van der Waals surface area (Å²) in [4.78, 5) is 50.4. The third kappa shape index (κ3) is 3.24. The minimum Gasteiger partial charge on any atom is -0.341 e. The first-order valence-corrected chi connectivity index (χ1v) is 8.42. The molecule has 0 radical (unpaired) electrons. The van der Waals surface area contributed by atoms with Crippen LogP contribution < -0.4 is 0 Å². The highest BCUT2D eigenvalue weighted by molar-refractivity contribution is 6.24. The lowest BCUT2D eigenvalue weighted by Gasteiger charge is -2.26. The number of likely N-dealkylation sites (tertiary alicyclic amines) is 1. The lowest BCUT2D eigenvalue weighted by atomic mass is 10.1. The SMILES string of the molecule is O=C(CN1C(=O)c2cccc([N+](=O)[O-])c2C1=O)N1CCCCCCC1. The minimum atomic E-state index is -0.771. The van der Waals surface area contributed by atoms with E-state index in [1.165, 1.54) is 18.2 Å². The zero-order valence-corrected chi connectivity index (χ0v) is 13.8. The highest BCUT2D eigenvalue weighted by Crippen LogP contribution is 2.30. The van der Waals surface area contributed by atoms with Gasteiger partial charge in [0.25, 0.3) is 17.5 Å².